The van der Waals surface area contributed by atoms with Crippen LogP contribution in [0.15, 0.2) is 22.8 Å². The highest BCUT2D eigenvalue weighted by Crippen LogP contribution is 2.10. The Morgan fingerprint density at radius 1 is 1.22 bits per heavy atom. The summed E-state index contributed by atoms with van der Waals surface area (Å²) in [5.74, 6) is 0.909. The number of rotatable bonds is 3. The van der Waals surface area contributed by atoms with E-state index in [1.165, 1.54) is 6.26 Å². The summed E-state index contributed by atoms with van der Waals surface area (Å²) in [4.78, 5) is 27.1. The standard InChI is InChI=1S/C12H16N2O3S/c15-11(3-9-18)13-4-6-14(7-5-13)12(16)10-2-1-8-17-10/h1-2,8,18H,3-7,9H2. The van der Waals surface area contributed by atoms with Crippen molar-refractivity contribution in [2.75, 3.05) is 31.9 Å². The van der Waals surface area contributed by atoms with Crippen LogP contribution in [0.25, 0.3) is 0 Å². The largest absolute Gasteiger partial charge is 0.459 e. The molecule has 1 aromatic heterocycles. The van der Waals surface area contributed by atoms with Gasteiger partial charge in [0.1, 0.15) is 0 Å². The molecule has 0 bridgehead atoms. The molecular weight excluding hydrogens is 252 g/mol. The number of furan rings is 1. The van der Waals surface area contributed by atoms with Gasteiger partial charge >= 0.3 is 0 Å². The van der Waals surface area contributed by atoms with E-state index in [0.717, 1.165) is 0 Å². The van der Waals surface area contributed by atoms with Gasteiger partial charge in [0.2, 0.25) is 5.91 Å². The highest BCUT2D eigenvalue weighted by molar-refractivity contribution is 7.80. The first-order valence-corrected chi connectivity index (χ1v) is 6.57. The summed E-state index contributed by atoms with van der Waals surface area (Å²) in [5, 5.41) is 0. The lowest BCUT2D eigenvalue weighted by molar-refractivity contribution is -0.132. The van der Waals surface area contributed by atoms with E-state index in [1.54, 1.807) is 21.9 Å². The third-order valence-corrected chi connectivity index (χ3v) is 3.20. The minimum Gasteiger partial charge on any atom is -0.459 e. The molecule has 1 saturated heterocycles. The second kappa shape index (κ2) is 5.95. The number of carbonyl (C=O) groups is 2. The van der Waals surface area contributed by atoms with Crippen LogP contribution in [-0.4, -0.2) is 53.5 Å². The summed E-state index contributed by atoms with van der Waals surface area (Å²) in [6.07, 6.45) is 1.94. The van der Waals surface area contributed by atoms with Crippen molar-refractivity contribution in [2.24, 2.45) is 0 Å². The molecule has 0 N–H and O–H groups in total. The molecule has 0 saturated carbocycles. The number of nitrogens with zero attached hydrogens (tertiary/aromatic N) is 2. The van der Waals surface area contributed by atoms with Gasteiger partial charge in [0.15, 0.2) is 5.76 Å². The number of thiol groups is 1. The van der Waals surface area contributed by atoms with Crippen molar-refractivity contribution >= 4 is 24.4 Å². The third kappa shape index (κ3) is 2.87. The number of hydrogen-bond acceptors (Lipinski definition) is 4. The molecule has 1 fully saturated rings. The maximum Gasteiger partial charge on any atom is 0.289 e. The summed E-state index contributed by atoms with van der Waals surface area (Å²) in [6.45, 7) is 2.27. The van der Waals surface area contributed by atoms with Gasteiger partial charge in [-0.3, -0.25) is 9.59 Å². The van der Waals surface area contributed by atoms with E-state index < -0.39 is 0 Å². The Bertz CT molecular complexity index is 411. The lowest BCUT2D eigenvalue weighted by atomic mass is 10.2. The minimum absolute atomic E-state index is 0.107. The lowest BCUT2D eigenvalue weighted by Crippen LogP contribution is -2.50. The van der Waals surface area contributed by atoms with Crippen LogP contribution in [0, 0.1) is 0 Å². The zero-order chi connectivity index (χ0) is 13.0. The number of piperazine rings is 1. The Balaban J connectivity index is 1.87. The Kier molecular flexibility index (Phi) is 4.30. The van der Waals surface area contributed by atoms with Gasteiger partial charge in [-0.15, -0.1) is 0 Å². The maximum atomic E-state index is 12.0. The number of hydrogen-bond donors (Lipinski definition) is 1. The molecule has 2 amide bonds. The van der Waals surface area contributed by atoms with Gasteiger partial charge in [0, 0.05) is 32.6 Å². The Labute approximate surface area is 111 Å². The topological polar surface area (TPSA) is 53.8 Å². The van der Waals surface area contributed by atoms with E-state index >= 15 is 0 Å². The van der Waals surface area contributed by atoms with Crippen molar-refractivity contribution in [1.29, 1.82) is 0 Å². The van der Waals surface area contributed by atoms with Gasteiger partial charge in [0.05, 0.1) is 6.26 Å². The molecule has 2 heterocycles. The minimum atomic E-state index is -0.110. The maximum absolute atomic E-state index is 12.0. The van der Waals surface area contributed by atoms with Crippen LogP contribution in [0.2, 0.25) is 0 Å². The third-order valence-electron chi connectivity index (χ3n) is 2.98. The molecule has 1 aliphatic heterocycles. The van der Waals surface area contributed by atoms with Gasteiger partial charge in [-0.05, 0) is 17.9 Å². The Hall–Kier alpha value is -1.43. The molecule has 0 aromatic carbocycles. The van der Waals surface area contributed by atoms with Crippen LogP contribution >= 0.6 is 12.6 Å². The summed E-state index contributed by atoms with van der Waals surface area (Å²) in [5.41, 5.74) is 0. The molecule has 18 heavy (non-hydrogen) atoms. The number of amides is 2. The average molecular weight is 268 g/mol. The normalized spacial score (nSPS) is 15.8. The smallest absolute Gasteiger partial charge is 0.289 e. The fourth-order valence-corrected chi connectivity index (χ4v) is 2.16. The van der Waals surface area contributed by atoms with E-state index in [-0.39, 0.29) is 11.8 Å². The van der Waals surface area contributed by atoms with Crippen LogP contribution in [0.5, 0.6) is 0 Å². The molecule has 0 unspecified atom stereocenters. The van der Waals surface area contributed by atoms with E-state index in [0.29, 0.717) is 44.1 Å². The van der Waals surface area contributed by atoms with Gasteiger partial charge in [-0.1, -0.05) is 0 Å². The predicted molar refractivity (Wildman–Crippen MR) is 69.7 cm³/mol. The molecule has 0 spiro atoms. The first-order chi connectivity index (χ1) is 8.72. The summed E-state index contributed by atoms with van der Waals surface area (Å²) < 4.78 is 5.08. The first kappa shape index (κ1) is 13.0. The molecule has 5 nitrogen and oxygen atoms in total. The highest BCUT2D eigenvalue weighted by Gasteiger charge is 2.25. The summed E-state index contributed by atoms with van der Waals surface area (Å²) >= 11 is 4.05. The molecular formula is C12H16N2O3S. The average Bonchev–Trinajstić information content (AvgIpc) is 2.92. The molecule has 1 aromatic rings. The second-order valence-corrected chi connectivity index (χ2v) is 4.57. The van der Waals surface area contributed by atoms with E-state index in [1.807, 2.05) is 0 Å². The zero-order valence-corrected chi connectivity index (χ0v) is 10.9. The van der Waals surface area contributed by atoms with Crippen molar-refractivity contribution in [1.82, 2.24) is 9.80 Å². The van der Waals surface area contributed by atoms with Crippen molar-refractivity contribution in [3.63, 3.8) is 0 Å². The fraction of sp³-hybridized carbons (Fsp3) is 0.500. The van der Waals surface area contributed by atoms with Gasteiger partial charge in [-0.25, -0.2) is 0 Å². The monoisotopic (exact) mass is 268 g/mol. The number of carbonyl (C=O) groups excluding carboxylic acids is 2. The Morgan fingerprint density at radius 3 is 2.44 bits per heavy atom. The van der Waals surface area contributed by atoms with Crippen molar-refractivity contribution in [2.45, 2.75) is 6.42 Å². The van der Waals surface area contributed by atoms with Crippen LogP contribution in [0.1, 0.15) is 17.0 Å². The van der Waals surface area contributed by atoms with Gasteiger partial charge < -0.3 is 14.2 Å². The van der Waals surface area contributed by atoms with Crippen LogP contribution < -0.4 is 0 Å². The molecule has 98 valence electrons. The first-order valence-electron chi connectivity index (χ1n) is 5.94. The van der Waals surface area contributed by atoms with Gasteiger partial charge in [-0.2, -0.15) is 12.6 Å². The molecule has 1 aliphatic rings. The predicted octanol–water partition coefficient (Wildman–Crippen LogP) is 0.884. The second-order valence-electron chi connectivity index (χ2n) is 4.12. The molecule has 0 aliphatic carbocycles. The van der Waals surface area contributed by atoms with E-state index in [9.17, 15) is 9.59 Å². The van der Waals surface area contributed by atoms with E-state index in [4.69, 9.17) is 4.42 Å². The molecule has 0 atom stereocenters. The zero-order valence-electron chi connectivity index (χ0n) is 10.0. The van der Waals surface area contributed by atoms with Crippen LogP contribution in [0.4, 0.5) is 0 Å². The molecule has 6 heteroatoms. The molecule has 0 radical (unpaired) electrons. The summed E-state index contributed by atoms with van der Waals surface area (Å²) in [6, 6.07) is 3.35. The SMILES string of the molecule is O=C(CCS)N1CCN(C(=O)c2ccco2)CC1. The quantitative estimate of drug-likeness (QED) is 0.828. The summed E-state index contributed by atoms with van der Waals surface area (Å²) in [7, 11) is 0. The van der Waals surface area contributed by atoms with Crippen molar-refractivity contribution < 1.29 is 14.0 Å². The highest BCUT2D eigenvalue weighted by atomic mass is 32.1. The van der Waals surface area contributed by atoms with Crippen molar-refractivity contribution in [3.8, 4) is 0 Å². The molecule has 2 rings (SSSR count). The Morgan fingerprint density at radius 2 is 1.89 bits per heavy atom. The lowest BCUT2D eigenvalue weighted by Gasteiger charge is -2.34. The van der Waals surface area contributed by atoms with Gasteiger partial charge in [0.25, 0.3) is 5.91 Å². The fourth-order valence-electron chi connectivity index (χ4n) is 1.97. The van der Waals surface area contributed by atoms with E-state index in [2.05, 4.69) is 12.6 Å². The van der Waals surface area contributed by atoms with Crippen molar-refractivity contribution in [3.05, 3.63) is 24.2 Å². The van der Waals surface area contributed by atoms with Crippen LogP contribution in [0.3, 0.4) is 0 Å². The van der Waals surface area contributed by atoms with Crippen LogP contribution in [-0.2, 0) is 4.79 Å².